The summed E-state index contributed by atoms with van der Waals surface area (Å²) in [6.45, 7) is 3.14. The normalized spacial score (nSPS) is 24.9. The highest BCUT2D eigenvalue weighted by Gasteiger charge is 2.39. The number of likely N-dealkylation sites (tertiary alicyclic amines) is 1. The van der Waals surface area contributed by atoms with Gasteiger partial charge in [0, 0.05) is 37.4 Å². The summed E-state index contributed by atoms with van der Waals surface area (Å²) in [5.74, 6) is -0.104. The molecule has 2 aliphatic rings. The first kappa shape index (κ1) is 13.4. The van der Waals surface area contributed by atoms with Gasteiger partial charge in [-0.25, -0.2) is 4.39 Å². The summed E-state index contributed by atoms with van der Waals surface area (Å²) in [6.07, 6.45) is 0.790. The fourth-order valence-corrected chi connectivity index (χ4v) is 3.14. The van der Waals surface area contributed by atoms with Gasteiger partial charge in [-0.15, -0.1) is 0 Å². The standard InChI is InChI=1S/C15H18FNO3/c1-9-12(8-17(3-4-18)15(9)19)11-6-10-2-5-20-14(10)7-13(11)16/h6-7,9,12,18H,2-5,8H2,1H3/t9-,12+/m0/s1. The topological polar surface area (TPSA) is 49.8 Å². The van der Waals surface area contributed by atoms with Crippen LogP contribution >= 0.6 is 0 Å². The molecule has 2 atom stereocenters. The van der Waals surface area contributed by atoms with Gasteiger partial charge in [0.1, 0.15) is 11.6 Å². The second kappa shape index (κ2) is 5.05. The zero-order chi connectivity index (χ0) is 14.3. The first-order valence-corrected chi connectivity index (χ1v) is 6.96. The molecule has 0 aliphatic carbocycles. The van der Waals surface area contributed by atoms with Crippen molar-refractivity contribution in [2.75, 3.05) is 26.3 Å². The fraction of sp³-hybridized carbons (Fsp3) is 0.533. The molecule has 4 nitrogen and oxygen atoms in total. The fourth-order valence-electron chi connectivity index (χ4n) is 3.14. The van der Waals surface area contributed by atoms with Crippen LogP contribution in [0.1, 0.15) is 24.0 Å². The van der Waals surface area contributed by atoms with Gasteiger partial charge in [0.25, 0.3) is 0 Å². The lowest BCUT2D eigenvalue weighted by Gasteiger charge is -2.16. The number of amides is 1. The summed E-state index contributed by atoms with van der Waals surface area (Å²) >= 11 is 0. The number of carbonyl (C=O) groups excluding carboxylic acids is 1. The molecule has 5 heteroatoms. The van der Waals surface area contributed by atoms with Crippen molar-refractivity contribution in [3.05, 3.63) is 29.1 Å². The highest BCUT2D eigenvalue weighted by Crippen LogP contribution is 2.38. The number of benzene rings is 1. The Hall–Kier alpha value is -1.62. The molecule has 2 aliphatic heterocycles. The van der Waals surface area contributed by atoms with E-state index in [1.54, 1.807) is 4.90 Å². The van der Waals surface area contributed by atoms with Crippen LogP contribution in [0, 0.1) is 11.7 Å². The average molecular weight is 279 g/mol. The van der Waals surface area contributed by atoms with E-state index in [4.69, 9.17) is 9.84 Å². The van der Waals surface area contributed by atoms with Crippen molar-refractivity contribution in [3.63, 3.8) is 0 Å². The van der Waals surface area contributed by atoms with Gasteiger partial charge >= 0.3 is 0 Å². The van der Waals surface area contributed by atoms with Crippen molar-refractivity contribution < 1.29 is 19.0 Å². The summed E-state index contributed by atoms with van der Waals surface area (Å²) in [6, 6.07) is 3.28. The van der Waals surface area contributed by atoms with Gasteiger partial charge in [-0.3, -0.25) is 4.79 Å². The van der Waals surface area contributed by atoms with Crippen LogP contribution < -0.4 is 4.74 Å². The average Bonchev–Trinajstić information content (AvgIpc) is 2.97. The maximum atomic E-state index is 14.3. The Balaban J connectivity index is 1.91. The Bertz CT molecular complexity index is 546. The van der Waals surface area contributed by atoms with E-state index in [-0.39, 0.29) is 30.2 Å². The molecule has 1 N–H and O–H groups in total. The molecule has 1 aromatic rings. The SMILES string of the molecule is C[C@@H]1C(=O)N(CCO)C[C@H]1c1cc2c(cc1F)OCC2. The number of halogens is 1. The molecule has 108 valence electrons. The Labute approximate surface area is 117 Å². The third-order valence-corrected chi connectivity index (χ3v) is 4.30. The van der Waals surface area contributed by atoms with E-state index in [9.17, 15) is 9.18 Å². The monoisotopic (exact) mass is 279 g/mol. The molecular weight excluding hydrogens is 261 g/mol. The van der Waals surface area contributed by atoms with Crippen LogP contribution in [0.2, 0.25) is 0 Å². The molecule has 0 spiro atoms. The van der Waals surface area contributed by atoms with Crippen molar-refractivity contribution in [2.45, 2.75) is 19.3 Å². The van der Waals surface area contributed by atoms with E-state index in [2.05, 4.69) is 0 Å². The molecule has 1 fully saturated rings. The minimum absolute atomic E-state index is 0.0137. The molecule has 0 saturated carbocycles. The van der Waals surface area contributed by atoms with Gasteiger partial charge < -0.3 is 14.7 Å². The van der Waals surface area contributed by atoms with Gasteiger partial charge in [0.15, 0.2) is 0 Å². The van der Waals surface area contributed by atoms with E-state index < -0.39 is 0 Å². The van der Waals surface area contributed by atoms with Crippen molar-refractivity contribution in [1.82, 2.24) is 4.90 Å². The van der Waals surface area contributed by atoms with Crippen LogP contribution in [-0.4, -0.2) is 42.2 Å². The lowest BCUT2D eigenvalue weighted by Crippen LogP contribution is -2.29. The number of carbonyl (C=O) groups is 1. The number of fused-ring (bicyclic) bond motifs is 1. The summed E-state index contributed by atoms with van der Waals surface area (Å²) < 4.78 is 19.6. The molecule has 20 heavy (non-hydrogen) atoms. The van der Waals surface area contributed by atoms with Crippen molar-refractivity contribution in [3.8, 4) is 5.75 Å². The van der Waals surface area contributed by atoms with E-state index >= 15 is 0 Å². The lowest BCUT2D eigenvalue weighted by atomic mass is 9.88. The summed E-state index contributed by atoms with van der Waals surface area (Å²) in [5, 5.41) is 8.98. The predicted octanol–water partition coefficient (Wildman–Crippen LogP) is 1.31. The molecule has 0 unspecified atom stereocenters. The smallest absolute Gasteiger partial charge is 0.226 e. The van der Waals surface area contributed by atoms with Crippen molar-refractivity contribution in [2.24, 2.45) is 5.92 Å². The Morgan fingerprint density at radius 2 is 2.30 bits per heavy atom. The Kier molecular flexibility index (Phi) is 3.38. The van der Waals surface area contributed by atoms with Crippen molar-refractivity contribution >= 4 is 5.91 Å². The van der Waals surface area contributed by atoms with Gasteiger partial charge in [0.2, 0.25) is 5.91 Å². The van der Waals surface area contributed by atoms with Gasteiger partial charge in [0.05, 0.1) is 13.2 Å². The van der Waals surface area contributed by atoms with Gasteiger partial charge in [-0.1, -0.05) is 6.92 Å². The number of ether oxygens (including phenoxy) is 1. The third kappa shape index (κ3) is 2.06. The van der Waals surface area contributed by atoms with Crippen LogP contribution in [0.4, 0.5) is 4.39 Å². The summed E-state index contributed by atoms with van der Waals surface area (Å²) in [7, 11) is 0. The molecule has 0 bridgehead atoms. The largest absolute Gasteiger partial charge is 0.493 e. The number of nitrogens with zero attached hydrogens (tertiary/aromatic N) is 1. The molecule has 0 aromatic heterocycles. The Morgan fingerprint density at radius 3 is 3.05 bits per heavy atom. The molecule has 3 rings (SSSR count). The van der Waals surface area contributed by atoms with Crippen molar-refractivity contribution in [1.29, 1.82) is 0 Å². The van der Waals surface area contributed by atoms with Gasteiger partial charge in [-0.2, -0.15) is 0 Å². The number of hydrogen-bond acceptors (Lipinski definition) is 3. The van der Waals surface area contributed by atoms with Crippen LogP contribution in [0.3, 0.4) is 0 Å². The molecular formula is C15H18FNO3. The summed E-state index contributed by atoms with van der Waals surface area (Å²) in [4.78, 5) is 13.7. The number of rotatable bonds is 3. The van der Waals surface area contributed by atoms with Crippen LogP contribution in [0.5, 0.6) is 5.75 Å². The van der Waals surface area contributed by atoms with E-state index in [0.717, 1.165) is 12.0 Å². The highest BCUT2D eigenvalue weighted by molar-refractivity contribution is 5.82. The zero-order valence-electron chi connectivity index (χ0n) is 11.4. The number of aliphatic hydroxyl groups excluding tert-OH is 1. The second-order valence-corrected chi connectivity index (χ2v) is 5.48. The van der Waals surface area contributed by atoms with E-state index in [1.165, 1.54) is 6.07 Å². The maximum Gasteiger partial charge on any atom is 0.226 e. The van der Waals surface area contributed by atoms with Crippen LogP contribution in [-0.2, 0) is 11.2 Å². The van der Waals surface area contributed by atoms with E-state index in [0.29, 0.717) is 31.0 Å². The number of hydrogen-bond donors (Lipinski definition) is 1. The first-order valence-electron chi connectivity index (χ1n) is 6.96. The summed E-state index contributed by atoms with van der Waals surface area (Å²) in [5.41, 5.74) is 1.61. The molecule has 1 amide bonds. The zero-order valence-corrected chi connectivity index (χ0v) is 11.4. The predicted molar refractivity (Wildman–Crippen MR) is 71.2 cm³/mol. The van der Waals surface area contributed by atoms with Gasteiger partial charge in [-0.05, 0) is 17.2 Å². The minimum atomic E-state index is -0.304. The number of aliphatic hydroxyl groups is 1. The highest BCUT2D eigenvalue weighted by atomic mass is 19.1. The molecule has 2 heterocycles. The molecule has 1 saturated heterocycles. The quantitative estimate of drug-likeness (QED) is 0.907. The second-order valence-electron chi connectivity index (χ2n) is 5.48. The number of β-amino-alcohol motifs (C(OH)–C–C–N with tert-alkyl or cyclic N) is 1. The minimum Gasteiger partial charge on any atom is -0.493 e. The third-order valence-electron chi connectivity index (χ3n) is 4.30. The van der Waals surface area contributed by atoms with Crippen LogP contribution in [0.25, 0.3) is 0 Å². The van der Waals surface area contributed by atoms with E-state index in [1.807, 2.05) is 13.0 Å². The Morgan fingerprint density at radius 1 is 1.50 bits per heavy atom. The van der Waals surface area contributed by atoms with Crippen LogP contribution in [0.15, 0.2) is 12.1 Å². The first-order chi connectivity index (χ1) is 9.61. The lowest BCUT2D eigenvalue weighted by molar-refractivity contribution is -0.131. The molecule has 0 radical (unpaired) electrons. The maximum absolute atomic E-state index is 14.3. The molecule has 1 aromatic carbocycles.